The Kier molecular flexibility index (Phi) is 3.83. The van der Waals surface area contributed by atoms with Gasteiger partial charge in [0, 0.05) is 21.8 Å². The Bertz CT molecular complexity index is 1090. The molecule has 134 valence electrons. The Morgan fingerprint density at radius 2 is 2.00 bits per heavy atom. The average Bonchev–Trinajstić information content (AvgIpc) is 2.94. The SMILES string of the molecule is C[C@H]1CCC[C@@]1(C)NC(=O)c1cc2[nH]c3ccccc3c(=O)c2cc1F. The van der Waals surface area contributed by atoms with Crippen LogP contribution in [0, 0.1) is 11.7 Å². The molecule has 3 aromatic rings. The van der Waals surface area contributed by atoms with Crippen molar-refractivity contribution in [2.45, 2.75) is 38.6 Å². The lowest BCUT2D eigenvalue weighted by atomic mass is 9.90. The van der Waals surface area contributed by atoms with Gasteiger partial charge in [-0.25, -0.2) is 4.39 Å². The number of benzene rings is 2. The summed E-state index contributed by atoms with van der Waals surface area (Å²) in [4.78, 5) is 28.5. The van der Waals surface area contributed by atoms with Crippen LogP contribution in [-0.4, -0.2) is 16.4 Å². The summed E-state index contributed by atoms with van der Waals surface area (Å²) in [5.41, 5.74) is 0.527. The summed E-state index contributed by atoms with van der Waals surface area (Å²) < 4.78 is 14.6. The van der Waals surface area contributed by atoms with Crippen molar-refractivity contribution in [3.63, 3.8) is 0 Å². The first kappa shape index (κ1) is 16.8. The molecule has 2 atom stereocenters. The minimum atomic E-state index is -0.676. The first-order valence-corrected chi connectivity index (χ1v) is 8.96. The van der Waals surface area contributed by atoms with Crippen molar-refractivity contribution in [1.82, 2.24) is 10.3 Å². The molecule has 0 aliphatic heterocycles. The molecule has 0 unspecified atom stereocenters. The minimum absolute atomic E-state index is 0.0382. The highest BCUT2D eigenvalue weighted by Gasteiger charge is 2.37. The van der Waals surface area contributed by atoms with E-state index in [1.807, 2.05) is 13.0 Å². The van der Waals surface area contributed by atoms with Gasteiger partial charge in [0.2, 0.25) is 0 Å². The molecule has 1 heterocycles. The molecule has 0 spiro atoms. The number of pyridine rings is 1. The van der Waals surface area contributed by atoms with E-state index < -0.39 is 11.7 Å². The van der Waals surface area contributed by atoms with Gasteiger partial charge < -0.3 is 10.3 Å². The van der Waals surface area contributed by atoms with E-state index >= 15 is 0 Å². The molecule has 1 fully saturated rings. The maximum atomic E-state index is 14.6. The quantitative estimate of drug-likeness (QED) is 0.681. The number of para-hydroxylation sites is 1. The first-order valence-electron chi connectivity index (χ1n) is 8.96. The number of aromatic amines is 1. The number of carbonyl (C=O) groups is 1. The van der Waals surface area contributed by atoms with Crippen LogP contribution >= 0.6 is 0 Å². The lowest BCUT2D eigenvalue weighted by Crippen LogP contribution is -2.48. The summed E-state index contributed by atoms with van der Waals surface area (Å²) >= 11 is 0. The number of carbonyl (C=O) groups excluding carboxylic acids is 1. The highest BCUT2D eigenvalue weighted by molar-refractivity contribution is 6.00. The zero-order valence-corrected chi connectivity index (χ0v) is 14.9. The molecule has 1 aliphatic carbocycles. The van der Waals surface area contributed by atoms with Gasteiger partial charge in [-0.15, -0.1) is 0 Å². The van der Waals surface area contributed by atoms with Crippen molar-refractivity contribution in [2.24, 2.45) is 5.92 Å². The van der Waals surface area contributed by atoms with Crippen LogP contribution < -0.4 is 10.7 Å². The number of aromatic nitrogens is 1. The van der Waals surface area contributed by atoms with Gasteiger partial charge >= 0.3 is 0 Å². The first-order chi connectivity index (χ1) is 12.4. The topological polar surface area (TPSA) is 62.0 Å². The van der Waals surface area contributed by atoms with Crippen molar-refractivity contribution in [3.8, 4) is 0 Å². The molecule has 1 aromatic heterocycles. The highest BCUT2D eigenvalue weighted by Crippen LogP contribution is 2.35. The van der Waals surface area contributed by atoms with Crippen LogP contribution in [0.1, 0.15) is 43.5 Å². The molecule has 1 amide bonds. The van der Waals surface area contributed by atoms with E-state index in [4.69, 9.17) is 0 Å². The second-order valence-corrected chi connectivity index (χ2v) is 7.54. The summed E-state index contributed by atoms with van der Waals surface area (Å²) in [5, 5.41) is 3.76. The van der Waals surface area contributed by atoms with Crippen LogP contribution in [0.4, 0.5) is 4.39 Å². The monoisotopic (exact) mass is 352 g/mol. The van der Waals surface area contributed by atoms with E-state index in [0.29, 0.717) is 22.3 Å². The lowest BCUT2D eigenvalue weighted by Gasteiger charge is -2.30. The van der Waals surface area contributed by atoms with E-state index in [2.05, 4.69) is 17.2 Å². The van der Waals surface area contributed by atoms with Crippen LogP contribution in [-0.2, 0) is 0 Å². The van der Waals surface area contributed by atoms with Crippen molar-refractivity contribution in [1.29, 1.82) is 0 Å². The molecule has 4 nitrogen and oxygen atoms in total. The van der Waals surface area contributed by atoms with E-state index in [0.717, 1.165) is 25.3 Å². The van der Waals surface area contributed by atoms with Gasteiger partial charge in [0.1, 0.15) is 5.82 Å². The number of rotatable bonds is 2. The molecule has 4 rings (SSSR count). The molecule has 0 bridgehead atoms. The summed E-state index contributed by atoms with van der Waals surface area (Å²) in [6.07, 6.45) is 2.99. The van der Waals surface area contributed by atoms with Crippen LogP contribution in [0.2, 0.25) is 0 Å². The van der Waals surface area contributed by atoms with Crippen LogP contribution in [0.3, 0.4) is 0 Å². The second-order valence-electron chi connectivity index (χ2n) is 7.54. The standard InChI is InChI=1S/C21H21FN2O2/c1-12-6-5-9-21(12,2)24-20(26)14-11-18-15(10-16(14)22)19(25)13-7-3-4-8-17(13)23-18/h3-4,7-8,10-12H,5-6,9H2,1-2H3,(H,23,25)(H,24,26)/t12-,21+/m0/s1. The van der Waals surface area contributed by atoms with Crippen molar-refractivity contribution in [3.05, 3.63) is 58.0 Å². The fourth-order valence-electron chi connectivity index (χ4n) is 3.97. The molecule has 1 saturated carbocycles. The maximum Gasteiger partial charge on any atom is 0.254 e. The van der Waals surface area contributed by atoms with Gasteiger partial charge in [0.15, 0.2) is 5.43 Å². The van der Waals surface area contributed by atoms with Gasteiger partial charge in [-0.2, -0.15) is 0 Å². The van der Waals surface area contributed by atoms with Gasteiger partial charge in [0.25, 0.3) is 5.91 Å². The van der Waals surface area contributed by atoms with Crippen molar-refractivity contribution >= 4 is 27.7 Å². The Balaban J connectivity index is 1.81. The predicted molar refractivity (Wildman–Crippen MR) is 101 cm³/mol. The van der Waals surface area contributed by atoms with Gasteiger partial charge in [-0.3, -0.25) is 9.59 Å². The third-order valence-electron chi connectivity index (χ3n) is 5.86. The number of hydrogen-bond acceptors (Lipinski definition) is 2. The van der Waals surface area contributed by atoms with Crippen LogP contribution in [0.15, 0.2) is 41.2 Å². The smallest absolute Gasteiger partial charge is 0.254 e. The Hall–Kier alpha value is -2.69. The van der Waals surface area contributed by atoms with Crippen molar-refractivity contribution < 1.29 is 9.18 Å². The summed E-state index contributed by atoms with van der Waals surface area (Å²) in [5.74, 6) is -0.765. The summed E-state index contributed by atoms with van der Waals surface area (Å²) in [6, 6.07) is 9.69. The Morgan fingerprint density at radius 1 is 1.23 bits per heavy atom. The number of nitrogens with one attached hydrogen (secondary N) is 2. The molecule has 2 aromatic carbocycles. The second kappa shape index (κ2) is 5.94. The Morgan fingerprint density at radius 3 is 2.73 bits per heavy atom. The number of hydrogen-bond donors (Lipinski definition) is 2. The molecular weight excluding hydrogens is 331 g/mol. The fraction of sp³-hybridized carbons (Fsp3) is 0.333. The van der Waals surface area contributed by atoms with E-state index in [1.54, 1.807) is 18.2 Å². The average molecular weight is 352 g/mol. The molecule has 5 heteroatoms. The number of amides is 1. The third-order valence-corrected chi connectivity index (χ3v) is 5.86. The molecule has 0 saturated heterocycles. The normalized spacial score (nSPS) is 22.8. The zero-order chi connectivity index (χ0) is 18.5. The van der Waals surface area contributed by atoms with Crippen LogP contribution in [0.25, 0.3) is 21.8 Å². The molecule has 0 radical (unpaired) electrons. The zero-order valence-electron chi connectivity index (χ0n) is 14.9. The van der Waals surface area contributed by atoms with E-state index in [1.165, 1.54) is 6.07 Å². The molecule has 26 heavy (non-hydrogen) atoms. The maximum absolute atomic E-state index is 14.6. The highest BCUT2D eigenvalue weighted by atomic mass is 19.1. The summed E-state index contributed by atoms with van der Waals surface area (Å²) in [7, 11) is 0. The molecule has 1 aliphatic rings. The van der Waals surface area contributed by atoms with E-state index in [-0.39, 0.29) is 21.9 Å². The largest absolute Gasteiger partial charge is 0.354 e. The third kappa shape index (κ3) is 2.59. The van der Waals surface area contributed by atoms with Gasteiger partial charge in [-0.05, 0) is 49.9 Å². The lowest BCUT2D eigenvalue weighted by molar-refractivity contribution is 0.0884. The number of H-pyrrole nitrogens is 1. The summed E-state index contributed by atoms with van der Waals surface area (Å²) in [6.45, 7) is 4.12. The number of halogens is 1. The van der Waals surface area contributed by atoms with Crippen LogP contribution in [0.5, 0.6) is 0 Å². The fourth-order valence-corrected chi connectivity index (χ4v) is 3.97. The van der Waals surface area contributed by atoms with Gasteiger partial charge in [0.05, 0.1) is 11.1 Å². The van der Waals surface area contributed by atoms with Crippen molar-refractivity contribution in [2.75, 3.05) is 0 Å². The van der Waals surface area contributed by atoms with E-state index in [9.17, 15) is 14.0 Å². The minimum Gasteiger partial charge on any atom is -0.354 e. The Labute approximate surface area is 150 Å². The van der Waals surface area contributed by atoms with Gasteiger partial charge in [-0.1, -0.05) is 25.5 Å². The molecular formula is C21H21FN2O2. The predicted octanol–water partition coefficient (Wildman–Crippen LogP) is 4.13. The number of fused-ring (bicyclic) bond motifs is 2. The molecule has 2 N–H and O–H groups in total.